The molecular formula is C21H31N. The molecule has 0 aliphatic heterocycles. The van der Waals surface area contributed by atoms with E-state index in [1.165, 1.54) is 31.2 Å². The van der Waals surface area contributed by atoms with E-state index in [1.807, 2.05) is 0 Å². The van der Waals surface area contributed by atoms with E-state index in [2.05, 4.69) is 45.9 Å². The molecule has 0 saturated heterocycles. The van der Waals surface area contributed by atoms with Crippen molar-refractivity contribution >= 4 is 5.69 Å². The molecule has 7 atom stereocenters. The second-order valence-corrected chi connectivity index (χ2v) is 8.98. The summed E-state index contributed by atoms with van der Waals surface area (Å²) in [5.41, 5.74) is 10.7. The summed E-state index contributed by atoms with van der Waals surface area (Å²) in [6.45, 7) is 10.1. The third-order valence-electron chi connectivity index (χ3n) is 7.99. The summed E-state index contributed by atoms with van der Waals surface area (Å²) in [6.07, 6.45) is 5.48. The van der Waals surface area contributed by atoms with Gasteiger partial charge in [0.2, 0.25) is 0 Å². The Bertz CT molecular complexity index is 592. The molecule has 4 rings (SSSR count). The third kappa shape index (κ3) is 1.83. The van der Waals surface area contributed by atoms with Crippen LogP contribution in [0.4, 0.5) is 5.69 Å². The van der Waals surface area contributed by atoms with Crippen molar-refractivity contribution in [2.24, 2.45) is 35.0 Å². The van der Waals surface area contributed by atoms with Gasteiger partial charge < -0.3 is 5.73 Å². The Morgan fingerprint density at radius 2 is 1.91 bits per heavy atom. The zero-order chi connectivity index (χ0) is 15.6. The number of hydrogen-bond acceptors (Lipinski definition) is 1. The van der Waals surface area contributed by atoms with Gasteiger partial charge in [0.15, 0.2) is 0 Å². The molecule has 120 valence electrons. The molecular weight excluding hydrogens is 266 g/mol. The minimum atomic E-state index is 0.575. The highest BCUT2D eigenvalue weighted by Gasteiger charge is 2.57. The van der Waals surface area contributed by atoms with Crippen molar-refractivity contribution in [3.8, 4) is 0 Å². The molecule has 7 unspecified atom stereocenters. The van der Waals surface area contributed by atoms with Gasteiger partial charge in [-0.3, -0.25) is 0 Å². The average Bonchev–Trinajstić information content (AvgIpc) is 2.70. The Balaban J connectivity index is 1.76. The maximum Gasteiger partial charge on any atom is 0.0316 e. The van der Waals surface area contributed by atoms with Crippen molar-refractivity contribution in [1.82, 2.24) is 0 Å². The van der Waals surface area contributed by atoms with E-state index in [0.29, 0.717) is 5.41 Å². The van der Waals surface area contributed by atoms with E-state index >= 15 is 0 Å². The van der Waals surface area contributed by atoms with Crippen molar-refractivity contribution in [2.75, 3.05) is 5.73 Å². The van der Waals surface area contributed by atoms with Crippen molar-refractivity contribution in [3.05, 3.63) is 29.3 Å². The summed E-state index contributed by atoms with van der Waals surface area (Å²) in [5.74, 6) is 5.20. The predicted octanol–water partition coefficient (Wildman–Crippen LogP) is 5.25. The van der Waals surface area contributed by atoms with Crippen LogP contribution in [0.2, 0.25) is 0 Å². The van der Waals surface area contributed by atoms with E-state index in [0.717, 1.165) is 41.2 Å². The SMILES string of the molecule is CC1CC2(C)C(C)C(C)CC2C2CCc3cc(N)ccc3C12. The quantitative estimate of drug-likeness (QED) is 0.650. The standard InChI is InChI=1S/C21H31N/c1-12-9-19-18-7-5-15-10-16(22)6-8-17(15)20(18)13(2)11-21(19,4)14(12)3/h6,8,10,12-14,18-20H,5,7,9,11,22H2,1-4H3. The maximum atomic E-state index is 6.03. The number of nitrogen functional groups attached to an aromatic ring is 1. The molecule has 2 saturated carbocycles. The summed E-state index contributed by atoms with van der Waals surface area (Å²) in [5, 5.41) is 0. The van der Waals surface area contributed by atoms with Gasteiger partial charge in [-0.1, -0.05) is 33.8 Å². The summed E-state index contributed by atoms with van der Waals surface area (Å²) >= 11 is 0. The van der Waals surface area contributed by atoms with Crippen LogP contribution < -0.4 is 5.73 Å². The van der Waals surface area contributed by atoms with Crippen LogP contribution >= 0.6 is 0 Å². The van der Waals surface area contributed by atoms with Crippen LogP contribution in [0.1, 0.15) is 64.0 Å². The maximum absolute atomic E-state index is 6.03. The Morgan fingerprint density at radius 3 is 2.68 bits per heavy atom. The summed E-state index contributed by atoms with van der Waals surface area (Å²) < 4.78 is 0. The molecule has 22 heavy (non-hydrogen) atoms. The molecule has 0 amide bonds. The second-order valence-electron chi connectivity index (χ2n) is 8.98. The van der Waals surface area contributed by atoms with Crippen molar-refractivity contribution in [1.29, 1.82) is 0 Å². The van der Waals surface area contributed by atoms with Gasteiger partial charge >= 0.3 is 0 Å². The molecule has 1 aromatic carbocycles. The molecule has 0 heterocycles. The minimum Gasteiger partial charge on any atom is -0.399 e. The first kappa shape index (κ1) is 14.6. The van der Waals surface area contributed by atoms with Gasteiger partial charge in [-0.05, 0) is 89.9 Å². The zero-order valence-corrected chi connectivity index (χ0v) is 14.6. The van der Waals surface area contributed by atoms with Crippen molar-refractivity contribution in [3.63, 3.8) is 0 Å². The van der Waals surface area contributed by atoms with Gasteiger partial charge in [0.05, 0.1) is 0 Å². The molecule has 2 N–H and O–H groups in total. The van der Waals surface area contributed by atoms with E-state index in [-0.39, 0.29) is 0 Å². The molecule has 1 aromatic rings. The number of hydrogen-bond donors (Lipinski definition) is 1. The van der Waals surface area contributed by atoms with Crippen LogP contribution in [0, 0.1) is 35.0 Å². The molecule has 0 spiro atoms. The first-order chi connectivity index (χ1) is 10.4. The van der Waals surface area contributed by atoms with Crippen molar-refractivity contribution in [2.45, 2.75) is 59.3 Å². The fraction of sp³-hybridized carbons (Fsp3) is 0.714. The molecule has 1 nitrogen and oxygen atoms in total. The van der Waals surface area contributed by atoms with E-state index < -0.39 is 0 Å². The van der Waals surface area contributed by atoms with E-state index in [1.54, 1.807) is 5.56 Å². The lowest BCUT2D eigenvalue weighted by atomic mass is 9.51. The number of aryl methyl sites for hydroxylation is 1. The Morgan fingerprint density at radius 1 is 1.14 bits per heavy atom. The first-order valence-electron chi connectivity index (χ1n) is 9.30. The average molecular weight is 297 g/mol. The molecule has 1 heteroatoms. The molecule has 0 radical (unpaired) electrons. The summed E-state index contributed by atoms with van der Waals surface area (Å²) in [7, 11) is 0. The zero-order valence-electron chi connectivity index (χ0n) is 14.6. The van der Waals surface area contributed by atoms with Gasteiger partial charge in [0, 0.05) is 5.69 Å². The summed E-state index contributed by atoms with van der Waals surface area (Å²) in [4.78, 5) is 0. The highest BCUT2D eigenvalue weighted by Crippen LogP contribution is 2.65. The number of nitrogens with two attached hydrogens (primary N) is 1. The number of anilines is 1. The Hall–Kier alpha value is -0.980. The van der Waals surface area contributed by atoms with Crippen LogP contribution in [0.3, 0.4) is 0 Å². The van der Waals surface area contributed by atoms with Crippen LogP contribution in [0.15, 0.2) is 18.2 Å². The number of fused-ring (bicyclic) bond motifs is 5. The van der Waals surface area contributed by atoms with Crippen LogP contribution in [0.5, 0.6) is 0 Å². The summed E-state index contributed by atoms with van der Waals surface area (Å²) in [6, 6.07) is 6.72. The third-order valence-corrected chi connectivity index (χ3v) is 7.99. The van der Waals surface area contributed by atoms with Crippen LogP contribution in [-0.2, 0) is 6.42 Å². The van der Waals surface area contributed by atoms with E-state index in [9.17, 15) is 0 Å². The van der Waals surface area contributed by atoms with Gasteiger partial charge in [-0.2, -0.15) is 0 Å². The van der Waals surface area contributed by atoms with Gasteiger partial charge in [-0.25, -0.2) is 0 Å². The highest BCUT2D eigenvalue weighted by molar-refractivity contribution is 5.47. The van der Waals surface area contributed by atoms with E-state index in [4.69, 9.17) is 5.73 Å². The lowest BCUT2D eigenvalue weighted by Crippen LogP contribution is -2.45. The fourth-order valence-corrected chi connectivity index (χ4v) is 6.76. The second kappa shape index (κ2) is 4.76. The molecule has 0 aromatic heterocycles. The van der Waals surface area contributed by atoms with Crippen LogP contribution in [-0.4, -0.2) is 0 Å². The lowest BCUT2D eigenvalue weighted by Gasteiger charge is -2.53. The van der Waals surface area contributed by atoms with Gasteiger partial charge in [0.1, 0.15) is 0 Å². The normalized spacial score (nSPS) is 46.7. The fourth-order valence-electron chi connectivity index (χ4n) is 6.76. The lowest BCUT2D eigenvalue weighted by molar-refractivity contribution is -0.000251. The Labute approximate surface area is 135 Å². The number of benzene rings is 1. The van der Waals surface area contributed by atoms with Gasteiger partial charge in [0.25, 0.3) is 0 Å². The Kier molecular flexibility index (Phi) is 3.16. The minimum absolute atomic E-state index is 0.575. The largest absolute Gasteiger partial charge is 0.399 e. The molecule has 2 fully saturated rings. The monoisotopic (exact) mass is 297 g/mol. The highest BCUT2D eigenvalue weighted by atomic mass is 14.6. The number of rotatable bonds is 0. The van der Waals surface area contributed by atoms with Gasteiger partial charge in [-0.15, -0.1) is 0 Å². The van der Waals surface area contributed by atoms with Crippen LogP contribution in [0.25, 0.3) is 0 Å². The molecule has 3 aliphatic rings. The smallest absolute Gasteiger partial charge is 0.0316 e. The van der Waals surface area contributed by atoms with Crippen molar-refractivity contribution < 1.29 is 0 Å². The molecule has 3 aliphatic carbocycles. The first-order valence-corrected chi connectivity index (χ1v) is 9.30. The molecule has 0 bridgehead atoms. The predicted molar refractivity (Wildman–Crippen MR) is 93.7 cm³/mol. The topological polar surface area (TPSA) is 26.0 Å².